The van der Waals surface area contributed by atoms with E-state index in [0.29, 0.717) is 18.5 Å². The van der Waals surface area contributed by atoms with Crippen LogP contribution >= 0.6 is 0 Å². The lowest BCUT2D eigenvalue weighted by atomic mass is 9.94. The first-order valence-electron chi connectivity index (χ1n) is 9.62. The molecule has 3 rings (SSSR count). The van der Waals surface area contributed by atoms with Crippen LogP contribution in [0.25, 0.3) is 11.1 Å². The summed E-state index contributed by atoms with van der Waals surface area (Å²) >= 11 is 0. The van der Waals surface area contributed by atoms with Gasteiger partial charge in [0.1, 0.15) is 0 Å². The highest BCUT2D eigenvalue weighted by molar-refractivity contribution is 6.02. The van der Waals surface area contributed by atoms with Crippen molar-refractivity contribution in [3.63, 3.8) is 0 Å². The molecule has 0 spiro atoms. The van der Waals surface area contributed by atoms with Gasteiger partial charge in [0.05, 0.1) is 19.1 Å². The minimum absolute atomic E-state index is 0.228. The first-order valence-corrected chi connectivity index (χ1v) is 9.62. The number of nitrogens with zero attached hydrogens (tertiary/aromatic N) is 1. The van der Waals surface area contributed by atoms with E-state index in [4.69, 9.17) is 10.5 Å². The second kappa shape index (κ2) is 8.78. The quantitative estimate of drug-likeness (QED) is 0.619. The largest absolute Gasteiger partial charge is 0.469 e. The van der Waals surface area contributed by atoms with Crippen molar-refractivity contribution in [2.75, 3.05) is 7.11 Å². The molecule has 0 bridgehead atoms. The molecule has 1 amide bonds. The molecule has 1 heterocycles. The van der Waals surface area contributed by atoms with E-state index in [1.165, 1.54) is 7.11 Å². The van der Waals surface area contributed by atoms with Crippen molar-refractivity contribution < 1.29 is 14.3 Å². The smallest absolute Gasteiger partial charge is 0.305 e. The summed E-state index contributed by atoms with van der Waals surface area (Å²) in [7, 11) is 1.38. The molecule has 0 saturated heterocycles. The number of benzene rings is 2. The third-order valence-electron chi connectivity index (χ3n) is 5.27. The van der Waals surface area contributed by atoms with Crippen LogP contribution in [0.4, 0.5) is 0 Å². The summed E-state index contributed by atoms with van der Waals surface area (Å²) in [5.41, 5.74) is 12.0. The molecule has 0 aliphatic carbocycles. The van der Waals surface area contributed by atoms with Gasteiger partial charge in [0.2, 0.25) is 0 Å². The second-order valence-corrected chi connectivity index (χ2v) is 7.11. The monoisotopic (exact) mass is 390 g/mol. The predicted octanol–water partition coefficient (Wildman–Crippen LogP) is 4.02. The number of ether oxygens (including phenoxy) is 1. The molecule has 0 fully saturated rings. The Morgan fingerprint density at radius 1 is 1.00 bits per heavy atom. The van der Waals surface area contributed by atoms with Gasteiger partial charge in [0.15, 0.2) is 0 Å². The molecule has 29 heavy (non-hydrogen) atoms. The van der Waals surface area contributed by atoms with Crippen LogP contribution in [-0.2, 0) is 22.5 Å². The van der Waals surface area contributed by atoms with Gasteiger partial charge >= 0.3 is 5.97 Å². The molecule has 2 N–H and O–H groups in total. The summed E-state index contributed by atoms with van der Waals surface area (Å²) in [6.07, 6.45) is 0.684. The molecule has 0 aliphatic heterocycles. The topological polar surface area (TPSA) is 74.3 Å². The lowest BCUT2D eigenvalue weighted by Gasteiger charge is -2.14. The number of hydrogen-bond donors (Lipinski definition) is 1. The average Bonchev–Trinajstić information content (AvgIpc) is 2.99. The molecule has 150 valence electrons. The summed E-state index contributed by atoms with van der Waals surface area (Å²) in [4.78, 5) is 24.3. The first-order chi connectivity index (χ1) is 13.9. The van der Waals surface area contributed by atoms with E-state index in [-0.39, 0.29) is 12.4 Å². The summed E-state index contributed by atoms with van der Waals surface area (Å²) in [5.74, 6) is -0.752. The number of esters is 1. The van der Waals surface area contributed by atoms with Gasteiger partial charge in [-0.25, -0.2) is 0 Å². The Hall–Kier alpha value is -3.34. The van der Waals surface area contributed by atoms with Crippen molar-refractivity contribution in [3.8, 4) is 11.1 Å². The van der Waals surface area contributed by atoms with Gasteiger partial charge in [-0.15, -0.1) is 0 Å². The van der Waals surface area contributed by atoms with Crippen molar-refractivity contribution >= 4 is 11.9 Å². The van der Waals surface area contributed by atoms with Crippen LogP contribution in [0, 0.1) is 13.8 Å². The minimum atomic E-state index is -0.466. The SMILES string of the molecule is COC(=O)CCc1c(-c2ccccc2C)c(C(N)=O)c(C)n1Cc1ccccc1. The maximum atomic E-state index is 12.5. The van der Waals surface area contributed by atoms with Crippen molar-refractivity contribution in [2.24, 2.45) is 5.73 Å². The zero-order valence-electron chi connectivity index (χ0n) is 17.1. The highest BCUT2D eigenvalue weighted by Crippen LogP contribution is 2.36. The molecule has 0 radical (unpaired) electrons. The Morgan fingerprint density at radius 2 is 1.66 bits per heavy atom. The number of carbonyl (C=O) groups is 2. The summed E-state index contributed by atoms with van der Waals surface area (Å²) in [6, 6.07) is 17.9. The number of rotatable bonds is 7. The zero-order chi connectivity index (χ0) is 21.0. The van der Waals surface area contributed by atoms with Gasteiger partial charge in [0.25, 0.3) is 5.91 Å². The maximum absolute atomic E-state index is 12.5. The molecular formula is C24H26N2O3. The summed E-state index contributed by atoms with van der Waals surface area (Å²) in [5, 5.41) is 0. The molecule has 3 aromatic rings. The fourth-order valence-electron chi connectivity index (χ4n) is 3.81. The maximum Gasteiger partial charge on any atom is 0.305 e. The lowest BCUT2D eigenvalue weighted by molar-refractivity contribution is -0.140. The molecule has 0 atom stereocenters. The Labute approximate surface area is 171 Å². The molecule has 0 unspecified atom stereocenters. The van der Waals surface area contributed by atoms with Crippen LogP contribution in [0.15, 0.2) is 54.6 Å². The average molecular weight is 390 g/mol. The molecule has 5 nitrogen and oxygen atoms in total. The predicted molar refractivity (Wildman–Crippen MR) is 114 cm³/mol. The highest BCUT2D eigenvalue weighted by Gasteiger charge is 2.26. The van der Waals surface area contributed by atoms with Crippen LogP contribution < -0.4 is 5.73 Å². The molecule has 0 aliphatic rings. The fourth-order valence-corrected chi connectivity index (χ4v) is 3.81. The van der Waals surface area contributed by atoms with Gasteiger partial charge < -0.3 is 15.0 Å². The number of aromatic nitrogens is 1. The third-order valence-corrected chi connectivity index (χ3v) is 5.27. The van der Waals surface area contributed by atoms with Crippen LogP contribution in [-0.4, -0.2) is 23.6 Å². The van der Waals surface area contributed by atoms with Gasteiger partial charge in [-0.2, -0.15) is 0 Å². The van der Waals surface area contributed by atoms with E-state index < -0.39 is 5.91 Å². The van der Waals surface area contributed by atoms with Gasteiger partial charge in [0, 0.05) is 23.5 Å². The van der Waals surface area contributed by atoms with E-state index in [1.807, 2.05) is 68.4 Å². The van der Waals surface area contributed by atoms with Gasteiger partial charge in [-0.1, -0.05) is 54.6 Å². The fraction of sp³-hybridized carbons (Fsp3) is 0.250. The minimum Gasteiger partial charge on any atom is -0.469 e. The molecule has 5 heteroatoms. The number of methoxy groups -OCH3 is 1. The van der Waals surface area contributed by atoms with Gasteiger partial charge in [-0.05, 0) is 37.0 Å². The lowest BCUT2D eigenvalue weighted by Crippen LogP contribution is -2.13. The number of nitrogens with two attached hydrogens (primary N) is 1. The second-order valence-electron chi connectivity index (χ2n) is 7.11. The normalized spacial score (nSPS) is 10.7. The highest BCUT2D eigenvalue weighted by atomic mass is 16.5. The Kier molecular flexibility index (Phi) is 6.17. The van der Waals surface area contributed by atoms with Gasteiger partial charge in [-0.3, -0.25) is 9.59 Å². The van der Waals surface area contributed by atoms with Crippen molar-refractivity contribution in [1.82, 2.24) is 4.57 Å². The molecule has 1 aromatic heterocycles. The Bertz CT molecular complexity index is 1040. The number of hydrogen-bond acceptors (Lipinski definition) is 3. The number of primary amides is 1. The van der Waals surface area contributed by atoms with E-state index in [0.717, 1.165) is 33.6 Å². The van der Waals surface area contributed by atoms with E-state index >= 15 is 0 Å². The van der Waals surface area contributed by atoms with Crippen LogP contribution in [0.1, 0.15) is 39.3 Å². The number of carbonyl (C=O) groups excluding carboxylic acids is 2. The summed E-state index contributed by atoms with van der Waals surface area (Å²) in [6.45, 7) is 4.51. The van der Waals surface area contributed by atoms with Crippen molar-refractivity contribution in [1.29, 1.82) is 0 Å². The van der Waals surface area contributed by atoms with Crippen LogP contribution in [0.5, 0.6) is 0 Å². The number of amides is 1. The first kappa shape index (κ1) is 20.4. The van der Waals surface area contributed by atoms with E-state index in [9.17, 15) is 9.59 Å². The molecule has 0 saturated carbocycles. The summed E-state index contributed by atoms with van der Waals surface area (Å²) < 4.78 is 6.94. The Balaban J connectivity index is 2.23. The van der Waals surface area contributed by atoms with Crippen molar-refractivity contribution in [2.45, 2.75) is 33.2 Å². The molecular weight excluding hydrogens is 364 g/mol. The number of aryl methyl sites for hydroxylation is 1. The van der Waals surface area contributed by atoms with Crippen LogP contribution in [0.3, 0.4) is 0 Å². The van der Waals surface area contributed by atoms with E-state index in [2.05, 4.69) is 4.57 Å². The van der Waals surface area contributed by atoms with Crippen LogP contribution in [0.2, 0.25) is 0 Å². The van der Waals surface area contributed by atoms with Crippen molar-refractivity contribution in [3.05, 3.63) is 82.7 Å². The Morgan fingerprint density at radius 3 is 2.28 bits per heavy atom. The zero-order valence-corrected chi connectivity index (χ0v) is 17.1. The molecule has 2 aromatic carbocycles. The van der Waals surface area contributed by atoms with E-state index in [1.54, 1.807) is 0 Å². The third kappa shape index (κ3) is 4.24. The standard InChI is InChI=1S/C24H26N2O3/c1-16-9-7-8-12-19(16)23-20(13-14-21(27)29-3)26(17(2)22(23)24(25)28)15-18-10-5-4-6-11-18/h4-12H,13-15H2,1-3H3,(H2,25,28).